The second-order valence-electron chi connectivity index (χ2n) is 3.92. The van der Waals surface area contributed by atoms with E-state index >= 15 is 0 Å². The molecule has 0 aliphatic heterocycles. The molecule has 0 fully saturated rings. The molecule has 2 aromatic carbocycles. The number of rotatable bonds is 3. The number of hydrogen-bond acceptors (Lipinski definition) is 1. The highest BCUT2D eigenvalue weighted by molar-refractivity contribution is 9.11. The summed E-state index contributed by atoms with van der Waals surface area (Å²) in [6.45, 7) is 0. The van der Waals surface area contributed by atoms with Crippen molar-refractivity contribution in [1.82, 2.24) is 0 Å². The average molecular weight is 453 g/mol. The third-order valence-electron chi connectivity index (χ3n) is 2.72. The summed E-state index contributed by atoms with van der Waals surface area (Å²) in [6.07, 6.45) is 0. The van der Waals surface area contributed by atoms with E-state index in [1.54, 1.807) is 13.2 Å². The molecule has 0 amide bonds. The van der Waals surface area contributed by atoms with Crippen molar-refractivity contribution < 1.29 is 9.13 Å². The predicted octanol–water partition coefficient (Wildman–Crippen LogP) is 5.84. The van der Waals surface area contributed by atoms with E-state index in [0.29, 0.717) is 5.56 Å². The van der Waals surface area contributed by atoms with Crippen LogP contribution in [0.1, 0.15) is 16.0 Å². The molecule has 0 saturated heterocycles. The van der Waals surface area contributed by atoms with Crippen molar-refractivity contribution in [2.75, 3.05) is 7.11 Å². The number of hydrogen-bond donors (Lipinski definition) is 0. The van der Waals surface area contributed by atoms with Gasteiger partial charge in [0, 0.05) is 14.5 Å². The Morgan fingerprint density at radius 3 is 2.32 bits per heavy atom. The third kappa shape index (κ3) is 3.38. The molecule has 100 valence electrons. The fourth-order valence-corrected chi connectivity index (χ4v) is 3.71. The van der Waals surface area contributed by atoms with Crippen molar-refractivity contribution in [3.05, 3.63) is 62.3 Å². The molecule has 1 nitrogen and oxygen atoms in total. The lowest BCUT2D eigenvalue weighted by Crippen LogP contribution is -1.98. The summed E-state index contributed by atoms with van der Waals surface area (Å²) in [7, 11) is 1.61. The first-order valence-electron chi connectivity index (χ1n) is 5.45. The van der Waals surface area contributed by atoms with Crippen LogP contribution >= 0.6 is 47.8 Å². The van der Waals surface area contributed by atoms with Crippen molar-refractivity contribution in [1.29, 1.82) is 0 Å². The van der Waals surface area contributed by atoms with E-state index in [9.17, 15) is 4.39 Å². The van der Waals surface area contributed by atoms with Crippen LogP contribution in [0.4, 0.5) is 4.39 Å². The highest BCUT2D eigenvalue weighted by atomic mass is 79.9. The standard InChI is InChI=1S/C14H10Br3FO/c1-19-9-3-5-10(12(16)7-9)14(17)11-4-2-8(15)6-13(11)18/h2-7,14H,1H3. The van der Waals surface area contributed by atoms with Gasteiger partial charge in [-0.25, -0.2) is 4.39 Å². The van der Waals surface area contributed by atoms with Gasteiger partial charge < -0.3 is 4.74 Å². The first-order chi connectivity index (χ1) is 9.02. The Labute approximate surface area is 136 Å². The van der Waals surface area contributed by atoms with Crippen LogP contribution in [0, 0.1) is 5.82 Å². The van der Waals surface area contributed by atoms with Crippen LogP contribution in [-0.2, 0) is 0 Å². The van der Waals surface area contributed by atoms with E-state index < -0.39 is 0 Å². The van der Waals surface area contributed by atoms with Gasteiger partial charge in [-0.3, -0.25) is 0 Å². The molecule has 0 radical (unpaired) electrons. The number of ether oxygens (including phenoxy) is 1. The Kier molecular flexibility index (Phi) is 5.03. The van der Waals surface area contributed by atoms with Crippen LogP contribution < -0.4 is 4.74 Å². The molecule has 5 heteroatoms. The summed E-state index contributed by atoms with van der Waals surface area (Å²) in [6, 6.07) is 10.7. The summed E-state index contributed by atoms with van der Waals surface area (Å²) in [4.78, 5) is -0.221. The van der Waals surface area contributed by atoms with Gasteiger partial charge in [0.25, 0.3) is 0 Å². The Hall–Kier alpha value is -0.390. The second-order valence-corrected chi connectivity index (χ2v) is 6.60. The molecule has 0 aliphatic carbocycles. The summed E-state index contributed by atoms with van der Waals surface area (Å²) in [5.41, 5.74) is 1.54. The lowest BCUT2D eigenvalue weighted by molar-refractivity contribution is 0.414. The Bertz CT molecular complexity index is 601. The summed E-state index contributed by atoms with van der Waals surface area (Å²) in [5.74, 6) is 0.505. The van der Waals surface area contributed by atoms with Crippen LogP contribution in [0.2, 0.25) is 0 Å². The monoisotopic (exact) mass is 450 g/mol. The van der Waals surface area contributed by atoms with Crippen LogP contribution in [0.5, 0.6) is 5.75 Å². The van der Waals surface area contributed by atoms with Gasteiger partial charge in [-0.2, -0.15) is 0 Å². The van der Waals surface area contributed by atoms with Gasteiger partial charge in [0.2, 0.25) is 0 Å². The normalized spacial score (nSPS) is 12.3. The molecule has 0 aliphatic rings. The van der Waals surface area contributed by atoms with Crippen LogP contribution in [0.3, 0.4) is 0 Å². The van der Waals surface area contributed by atoms with E-state index in [1.165, 1.54) is 6.07 Å². The minimum Gasteiger partial charge on any atom is -0.497 e. The Morgan fingerprint density at radius 2 is 1.74 bits per heavy atom. The predicted molar refractivity (Wildman–Crippen MR) is 85.6 cm³/mol. The number of halogens is 4. The quantitative estimate of drug-likeness (QED) is 0.531. The molecule has 19 heavy (non-hydrogen) atoms. The first-order valence-corrected chi connectivity index (χ1v) is 7.95. The molecule has 2 aromatic rings. The molecule has 0 spiro atoms. The van der Waals surface area contributed by atoms with E-state index in [-0.39, 0.29) is 10.6 Å². The Morgan fingerprint density at radius 1 is 1.05 bits per heavy atom. The summed E-state index contributed by atoms with van der Waals surface area (Å²) in [5, 5.41) is 0. The maximum Gasteiger partial charge on any atom is 0.129 e. The minimum atomic E-state index is -0.251. The highest BCUT2D eigenvalue weighted by Crippen LogP contribution is 2.38. The van der Waals surface area contributed by atoms with Gasteiger partial charge in [0.1, 0.15) is 11.6 Å². The van der Waals surface area contributed by atoms with Crippen molar-refractivity contribution in [3.8, 4) is 5.75 Å². The van der Waals surface area contributed by atoms with Crippen molar-refractivity contribution in [2.24, 2.45) is 0 Å². The molecular formula is C14H10Br3FO. The second kappa shape index (κ2) is 6.37. The number of benzene rings is 2. The third-order valence-corrected chi connectivity index (χ3v) is 4.88. The van der Waals surface area contributed by atoms with Crippen LogP contribution in [0.25, 0.3) is 0 Å². The maximum atomic E-state index is 14.0. The number of methoxy groups -OCH3 is 1. The van der Waals surface area contributed by atoms with Crippen molar-refractivity contribution in [3.63, 3.8) is 0 Å². The van der Waals surface area contributed by atoms with Crippen molar-refractivity contribution >= 4 is 47.8 Å². The van der Waals surface area contributed by atoms with E-state index in [1.807, 2.05) is 24.3 Å². The molecule has 1 unspecified atom stereocenters. The SMILES string of the molecule is COc1ccc(C(Br)c2ccc(Br)cc2F)c(Br)c1. The first kappa shape index (κ1) is 15.0. The van der Waals surface area contributed by atoms with E-state index in [4.69, 9.17) is 4.74 Å². The minimum absolute atomic E-state index is 0.221. The summed E-state index contributed by atoms with van der Waals surface area (Å²) < 4.78 is 20.7. The fourth-order valence-electron chi connectivity index (χ4n) is 1.71. The lowest BCUT2D eigenvalue weighted by Gasteiger charge is -2.14. The highest BCUT2D eigenvalue weighted by Gasteiger charge is 2.17. The molecule has 1 atom stereocenters. The van der Waals surface area contributed by atoms with Gasteiger partial charge in [-0.15, -0.1) is 0 Å². The molecule has 0 bridgehead atoms. The van der Waals surface area contributed by atoms with Crippen LogP contribution in [0.15, 0.2) is 45.3 Å². The molecular weight excluding hydrogens is 443 g/mol. The zero-order valence-corrected chi connectivity index (χ0v) is 14.7. The molecule has 0 N–H and O–H groups in total. The average Bonchev–Trinajstić information content (AvgIpc) is 2.37. The topological polar surface area (TPSA) is 9.23 Å². The maximum absolute atomic E-state index is 14.0. The van der Waals surface area contributed by atoms with Gasteiger partial charge in [-0.1, -0.05) is 59.9 Å². The zero-order chi connectivity index (χ0) is 14.0. The van der Waals surface area contributed by atoms with Gasteiger partial charge in [-0.05, 0) is 29.8 Å². The lowest BCUT2D eigenvalue weighted by atomic mass is 10.0. The van der Waals surface area contributed by atoms with Gasteiger partial charge in [0.05, 0.1) is 11.9 Å². The Balaban J connectivity index is 2.41. The smallest absolute Gasteiger partial charge is 0.129 e. The summed E-state index contributed by atoms with van der Waals surface area (Å²) >= 11 is 10.3. The van der Waals surface area contributed by atoms with Crippen molar-refractivity contribution in [2.45, 2.75) is 4.83 Å². The van der Waals surface area contributed by atoms with E-state index in [2.05, 4.69) is 47.8 Å². The zero-order valence-electron chi connectivity index (χ0n) is 9.96. The number of alkyl halides is 1. The van der Waals surface area contributed by atoms with Gasteiger partial charge >= 0.3 is 0 Å². The van der Waals surface area contributed by atoms with Gasteiger partial charge in [0.15, 0.2) is 0 Å². The van der Waals surface area contributed by atoms with E-state index in [0.717, 1.165) is 20.3 Å². The molecule has 0 saturated carbocycles. The fraction of sp³-hybridized carbons (Fsp3) is 0.143. The van der Waals surface area contributed by atoms with Crippen LogP contribution in [-0.4, -0.2) is 7.11 Å². The largest absolute Gasteiger partial charge is 0.497 e. The molecule has 2 rings (SSSR count). The molecule has 0 aromatic heterocycles. The molecule has 0 heterocycles.